The Bertz CT molecular complexity index is 71.7. The summed E-state index contributed by atoms with van der Waals surface area (Å²) in [6, 6.07) is 0. The molecule has 0 spiro atoms. The van der Waals surface area contributed by atoms with Crippen LogP contribution >= 0.6 is 23.2 Å². The highest BCUT2D eigenvalue weighted by Crippen LogP contribution is 2.15. The molecule has 0 N–H and O–H groups in total. The summed E-state index contributed by atoms with van der Waals surface area (Å²) in [5.74, 6) is 0. The van der Waals surface area contributed by atoms with E-state index in [2.05, 4.69) is 13.8 Å². The van der Waals surface area contributed by atoms with E-state index in [9.17, 15) is 0 Å². The monoisotopic (exact) mass is 181 g/mol. The van der Waals surface area contributed by atoms with E-state index in [4.69, 9.17) is 23.2 Å². The number of hydrogen-bond acceptors (Lipinski definition) is 0. The van der Waals surface area contributed by atoms with Gasteiger partial charge in [0.2, 0.25) is 0 Å². The third-order valence-electron chi connectivity index (χ3n) is 1.48. The third kappa shape index (κ3) is 5.37. The van der Waals surface area contributed by atoms with Gasteiger partial charge in [0.25, 0.3) is 0 Å². The fourth-order valence-electron chi connectivity index (χ4n) is 0.770. The molecular formula is C8H15Cl2. The van der Waals surface area contributed by atoms with Crippen molar-refractivity contribution >= 4 is 23.2 Å². The van der Waals surface area contributed by atoms with E-state index in [-0.39, 0.29) is 10.8 Å². The molecule has 0 saturated carbocycles. The molecule has 0 nitrogen and oxygen atoms in total. The van der Waals surface area contributed by atoms with Crippen molar-refractivity contribution in [3.8, 4) is 0 Å². The van der Waals surface area contributed by atoms with Crippen molar-refractivity contribution in [2.45, 2.75) is 43.4 Å². The van der Waals surface area contributed by atoms with Gasteiger partial charge in [-0.15, -0.1) is 23.2 Å². The zero-order valence-electron chi connectivity index (χ0n) is 6.45. The number of halogens is 2. The summed E-state index contributed by atoms with van der Waals surface area (Å²) in [4.78, 5) is 0. The molecule has 0 rings (SSSR count). The first-order chi connectivity index (χ1) is 4.68. The van der Waals surface area contributed by atoms with Crippen LogP contribution in [0.25, 0.3) is 0 Å². The second-order valence-electron chi connectivity index (χ2n) is 2.53. The number of alkyl halides is 2. The van der Waals surface area contributed by atoms with Crippen LogP contribution in [0.2, 0.25) is 0 Å². The van der Waals surface area contributed by atoms with Crippen LogP contribution in [-0.2, 0) is 0 Å². The molecule has 0 fully saturated rings. The lowest BCUT2D eigenvalue weighted by Gasteiger charge is -2.09. The normalized spacial score (nSPS) is 16.8. The molecule has 1 radical (unpaired) electrons. The largest absolute Gasteiger partial charge is 0.121 e. The van der Waals surface area contributed by atoms with Gasteiger partial charge in [-0.25, -0.2) is 0 Å². The summed E-state index contributed by atoms with van der Waals surface area (Å²) in [6.07, 6.45) is 4.64. The van der Waals surface area contributed by atoms with Gasteiger partial charge in [0.05, 0.1) is 0 Å². The van der Waals surface area contributed by atoms with E-state index in [0.717, 1.165) is 6.42 Å². The Balaban J connectivity index is 3.13. The van der Waals surface area contributed by atoms with Gasteiger partial charge in [0.1, 0.15) is 0 Å². The van der Waals surface area contributed by atoms with Gasteiger partial charge in [-0.2, -0.15) is 0 Å². The third-order valence-corrected chi connectivity index (χ3v) is 2.43. The lowest BCUT2D eigenvalue weighted by Crippen LogP contribution is -2.10. The molecule has 10 heavy (non-hydrogen) atoms. The van der Waals surface area contributed by atoms with Gasteiger partial charge >= 0.3 is 0 Å². The Kier molecular flexibility index (Phi) is 6.67. The second kappa shape index (κ2) is 6.30. The molecule has 0 saturated heterocycles. The molecule has 0 aliphatic carbocycles. The van der Waals surface area contributed by atoms with Gasteiger partial charge in [-0.1, -0.05) is 26.2 Å². The molecule has 0 amide bonds. The number of unbranched alkanes of at least 4 members (excludes halogenated alkanes) is 2. The smallest absolute Gasteiger partial charge is 0.0500 e. The summed E-state index contributed by atoms with van der Waals surface area (Å²) >= 11 is 11.5. The average Bonchev–Trinajstić information content (AvgIpc) is 1.88. The molecule has 0 aromatic rings. The topological polar surface area (TPSA) is 0 Å². The lowest BCUT2D eigenvalue weighted by atomic mass is 10.1. The van der Waals surface area contributed by atoms with Crippen LogP contribution in [0.15, 0.2) is 0 Å². The van der Waals surface area contributed by atoms with Gasteiger partial charge < -0.3 is 0 Å². The van der Waals surface area contributed by atoms with Gasteiger partial charge in [-0.05, 0) is 13.3 Å². The van der Waals surface area contributed by atoms with Gasteiger partial charge in [-0.3, -0.25) is 0 Å². The quantitative estimate of drug-likeness (QED) is 0.450. The summed E-state index contributed by atoms with van der Waals surface area (Å²) in [5.41, 5.74) is 0. The Morgan fingerprint density at radius 2 is 1.90 bits per heavy atom. The van der Waals surface area contributed by atoms with Gasteiger partial charge in [0, 0.05) is 10.8 Å². The Hall–Kier alpha value is 0.580. The van der Waals surface area contributed by atoms with Crippen LogP contribution in [0.1, 0.15) is 32.6 Å². The molecule has 61 valence electrons. The lowest BCUT2D eigenvalue weighted by molar-refractivity contribution is 0.644. The summed E-state index contributed by atoms with van der Waals surface area (Å²) < 4.78 is 0. The standard InChI is InChI=1S/C8H15Cl2/c1-3-4-5-6-8(10)7(2)9/h7-8H,2-6H2,1H3. The predicted octanol–water partition coefficient (Wildman–Crippen LogP) is 3.62. The van der Waals surface area contributed by atoms with Crippen LogP contribution in [0, 0.1) is 6.92 Å². The van der Waals surface area contributed by atoms with Crippen LogP contribution < -0.4 is 0 Å². The van der Waals surface area contributed by atoms with E-state index in [0.29, 0.717) is 0 Å². The van der Waals surface area contributed by atoms with Crippen molar-refractivity contribution in [2.75, 3.05) is 0 Å². The van der Waals surface area contributed by atoms with Crippen LogP contribution in [0.5, 0.6) is 0 Å². The average molecular weight is 182 g/mol. The molecule has 2 unspecified atom stereocenters. The van der Waals surface area contributed by atoms with E-state index in [1.54, 1.807) is 0 Å². The molecule has 0 aliphatic rings. The molecule has 0 aliphatic heterocycles. The molecule has 0 aromatic heterocycles. The highest BCUT2D eigenvalue weighted by molar-refractivity contribution is 6.30. The minimum atomic E-state index is -0.140. The summed E-state index contributed by atoms with van der Waals surface area (Å²) in [6.45, 7) is 5.82. The van der Waals surface area contributed by atoms with Crippen molar-refractivity contribution in [1.29, 1.82) is 0 Å². The van der Waals surface area contributed by atoms with Crippen molar-refractivity contribution < 1.29 is 0 Å². The van der Waals surface area contributed by atoms with E-state index in [1.165, 1.54) is 19.3 Å². The van der Waals surface area contributed by atoms with Crippen molar-refractivity contribution in [3.05, 3.63) is 6.92 Å². The van der Waals surface area contributed by atoms with E-state index in [1.807, 2.05) is 0 Å². The highest BCUT2D eigenvalue weighted by Gasteiger charge is 2.09. The maximum atomic E-state index is 5.86. The molecule has 2 atom stereocenters. The van der Waals surface area contributed by atoms with Crippen LogP contribution in [-0.4, -0.2) is 10.8 Å². The molecule has 0 heterocycles. The summed E-state index contributed by atoms with van der Waals surface area (Å²) in [5, 5.41) is -0.0910. The van der Waals surface area contributed by atoms with Crippen LogP contribution in [0.3, 0.4) is 0 Å². The van der Waals surface area contributed by atoms with Crippen molar-refractivity contribution in [1.82, 2.24) is 0 Å². The van der Waals surface area contributed by atoms with Crippen molar-refractivity contribution in [2.24, 2.45) is 0 Å². The SMILES string of the molecule is [CH2]C(Cl)C(Cl)CCCCC. The van der Waals surface area contributed by atoms with Crippen LogP contribution in [0.4, 0.5) is 0 Å². The highest BCUT2D eigenvalue weighted by atomic mass is 35.5. The minimum absolute atomic E-state index is 0.0493. The number of rotatable bonds is 5. The predicted molar refractivity (Wildman–Crippen MR) is 48.8 cm³/mol. The van der Waals surface area contributed by atoms with Crippen molar-refractivity contribution in [3.63, 3.8) is 0 Å². The van der Waals surface area contributed by atoms with Gasteiger partial charge in [0.15, 0.2) is 0 Å². The Morgan fingerprint density at radius 1 is 1.30 bits per heavy atom. The first-order valence-corrected chi connectivity index (χ1v) is 4.67. The molecule has 0 aromatic carbocycles. The van der Waals surface area contributed by atoms with E-state index < -0.39 is 0 Å². The summed E-state index contributed by atoms with van der Waals surface area (Å²) in [7, 11) is 0. The van der Waals surface area contributed by atoms with E-state index >= 15 is 0 Å². The fourth-order valence-corrected chi connectivity index (χ4v) is 1.05. The first kappa shape index (κ1) is 10.6. The molecule has 2 heteroatoms. The maximum Gasteiger partial charge on any atom is 0.0500 e. The molecule has 0 bridgehead atoms. The fraction of sp³-hybridized carbons (Fsp3) is 0.875. The zero-order chi connectivity index (χ0) is 7.98. The first-order valence-electron chi connectivity index (χ1n) is 3.79. The molecular weight excluding hydrogens is 167 g/mol. The minimum Gasteiger partial charge on any atom is -0.121 e. The second-order valence-corrected chi connectivity index (χ2v) is 3.65. The zero-order valence-corrected chi connectivity index (χ0v) is 7.96. The maximum absolute atomic E-state index is 5.86. The Morgan fingerprint density at radius 3 is 2.30 bits per heavy atom. The number of hydrogen-bond donors (Lipinski definition) is 0. The Labute approximate surface area is 73.9 Å².